The molecule has 3 aromatic rings. The fourth-order valence-electron chi connectivity index (χ4n) is 3.66. The van der Waals surface area contributed by atoms with Crippen molar-refractivity contribution in [2.24, 2.45) is 0 Å². The third-order valence-corrected chi connectivity index (χ3v) is 5.06. The molecule has 0 spiro atoms. The van der Waals surface area contributed by atoms with Gasteiger partial charge in [0, 0.05) is 50.6 Å². The SMILES string of the molecule is C=C/C(=C\NC)c1cnc2[nH]cc(-c3ccc4c(c3)C(C)(C)NC4=O)c2c1.[HH].[HH]. The van der Waals surface area contributed by atoms with Crippen LogP contribution in [0.5, 0.6) is 0 Å². The fourth-order valence-corrected chi connectivity index (χ4v) is 3.66. The van der Waals surface area contributed by atoms with E-state index in [-0.39, 0.29) is 14.3 Å². The van der Waals surface area contributed by atoms with Crippen LogP contribution in [-0.2, 0) is 5.54 Å². The third-order valence-electron chi connectivity index (χ3n) is 5.06. The Hall–Kier alpha value is -3.34. The van der Waals surface area contributed by atoms with Gasteiger partial charge in [0.05, 0.1) is 5.54 Å². The number of carbonyl (C=O) groups is 1. The number of carbonyl (C=O) groups excluding carboxylic acids is 1. The van der Waals surface area contributed by atoms with Crippen molar-refractivity contribution < 1.29 is 7.65 Å². The molecule has 4 rings (SSSR count). The molecule has 2 aromatic heterocycles. The predicted octanol–water partition coefficient (Wildman–Crippen LogP) is 4.45. The summed E-state index contributed by atoms with van der Waals surface area (Å²) in [5.74, 6) is -0.0164. The highest BCUT2D eigenvalue weighted by atomic mass is 16.2. The average Bonchev–Trinajstić information content (AvgIpc) is 3.17. The van der Waals surface area contributed by atoms with E-state index in [2.05, 4.69) is 39.3 Å². The van der Waals surface area contributed by atoms with Gasteiger partial charge in [-0.3, -0.25) is 4.79 Å². The van der Waals surface area contributed by atoms with E-state index in [1.54, 1.807) is 6.08 Å². The quantitative estimate of drug-likeness (QED) is 0.601. The zero-order valence-corrected chi connectivity index (χ0v) is 15.7. The summed E-state index contributed by atoms with van der Waals surface area (Å²) in [7, 11) is 1.86. The second-order valence-corrected chi connectivity index (χ2v) is 7.25. The Balaban J connectivity index is 0.00000150. The summed E-state index contributed by atoms with van der Waals surface area (Å²) in [5, 5.41) is 7.10. The third kappa shape index (κ3) is 2.72. The molecule has 1 amide bonds. The van der Waals surface area contributed by atoms with E-state index in [0.29, 0.717) is 0 Å². The Labute approximate surface area is 161 Å². The first-order chi connectivity index (χ1) is 12.9. The highest BCUT2D eigenvalue weighted by molar-refractivity contribution is 6.02. The zero-order chi connectivity index (χ0) is 19.2. The number of hydrogen-bond acceptors (Lipinski definition) is 3. The van der Waals surface area contributed by atoms with Crippen molar-refractivity contribution in [1.29, 1.82) is 0 Å². The average molecular weight is 362 g/mol. The van der Waals surface area contributed by atoms with Crippen molar-refractivity contribution in [1.82, 2.24) is 20.6 Å². The summed E-state index contributed by atoms with van der Waals surface area (Å²) in [6.45, 7) is 7.93. The molecular weight excluding hydrogens is 336 g/mol. The number of benzene rings is 1. The van der Waals surface area contributed by atoms with E-state index in [1.165, 1.54) is 0 Å². The van der Waals surface area contributed by atoms with Crippen LogP contribution >= 0.6 is 0 Å². The van der Waals surface area contributed by atoms with Crippen LogP contribution in [0.25, 0.3) is 27.7 Å². The van der Waals surface area contributed by atoms with Crippen molar-refractivity contribution in [3.05, 3.63) is 72.2 Å². The number of aromatic nitrogens is 2. The van der Waals surface area contributed by atoms with Crippen LogP contribution < -0.4 is 10.6 Å². The molecule has 0 saturated carbocycles. The van der Waals surface area contributed by atoms with Crippen LogP contribution in [0.1, 0.15) is 38.2 Å². The van der Waals surface area contributed by atoms with Crippen LogP contribution in [0.2, 0.25) is 0 Å². The van der Waals surface area contributed by atoms with E-state index in [4.69, 9.17) is 0 Å². The maximum absolute atomic E-state index is 12.2. The van der Waals surface area contributed by atoms with Crippen LogP contribution in [0.3, 0.4) is 0 Å². The van der Waals surface area contributed by atoms with Gasteiger partial charge in [0.1, 0.15) is 5.65 Å². The molecule has 0 saturated heterocycles. The standard InChI is InChI=1S/C22H22N4O.2H2/c1-5-13(10-23-4)15-8-17-18(12-25-20(17)24-11-15)14-6-7-16-19(9-14)22(2,3)26-21(16)27;;/h5-12,23H,1H2,2-4H3,(H,24,25)(H,26,27);2*1H/b13-10+;;. The maximum Gasteiger partial charge on any atom is 0.252 e. The molecule has 3 N–H and O–H groups in total. The van der Waals surface area contributed by atoms with Crippen molar-refractivity contribution in [2.75, 3.05) is 7.05 Å². The lowest BCUT2D eigenvalue weighted by molar-refractivity contribution is 0.0940. The Bertz CT molecular complexity index is 1120. The van der Waals surface area contributed by atoms with Gasteiger partial charge in [-0.1, -0.05) is 18.7 Å². The van der Waals surface area contributed by atoms with E-state index in [1.807, 2.05) is 51.6 Å². The lowest BCUT2D eigenvalue weighted by Crippen LogP contribution is -2.32. The van der Waals surface area contributed by atoms with E-state index in [0.717, 1.165) is 44.4 Å². The lowest BCUT2D eigenvalue weighted by atomic mass is 9.91. The molecular formula is C22H26N4O. The Morgan fingerprint density at radius 3 is 2.85 bits per heavy atom. The molecule has 0 fully saturated rings. The lowest BCUT2D eigenvalue weighted by Gasteiger charge is -2.19. The number of nitrogens with zero attached hydrogens (tertiary/aromatic N) is 1. The number of H-pyrrole nitrogens is 1. The van der Waals surface area contributed by atoms with Gasteiger partial charge in [-0.15, -0.1) is 0 Å². The topological polar surface area (TPSA) is 69.8 Å². The van der Waals surface area contributed by atoms with Gasteiger partial charge in [-0.05, 0) is 48.7 Å². The summed E-state index contributed by atoms with van der Waals surface area (Å²) < 4.78 is 0. The van der Waals surface area contributed by atoms with Gasteiger partial charge < -0.3 is 15.6 Å². The molecule has 1 aromatic carbocycles. The molecule has 0 bridgehead atoms. The Kier molecular flexibility index (Phi) is 3.88. The number of amides is 1. The minimum atomic E-state index is -0.372. The van der Waals surface area contributed by atoms with E-state index >= 15 is 0 Å². The van der Waals surface area contributed by atoms with Crippen LogP contribution in [0.4, 0.5) is 0 Å². The van der Waals surface area contributed by atoms with Crippen molar-refractivity contribution in [3.8, 4) is 11.1 Å². The summed E-state index contributed by atoms with van der Waals surface area (Å²) in [4.78, 5) is 20.0. The smallest absolute Gasteiger partial charge is 0.252 e. The highest BCUT2D eigenvalue weighted by Crippen LogP contribution is 2.36. The number of aromatic amines is 1. The first-order valence-electron chi connectivity index (χ1n) is 8.89. The molecule has 0 radical (unpaired) electrons. The largest absolute Gasteiger partial charge is 0.393 e. The molecule has 0 atom stereocenters. The van der Waals surface area contributed by atoms with Gasteiger partial charge in [0.15, 0.2) is 0 Å². The Morgan fingerprint density at radius 1 is 1.30 bits per heavy atom. The van der Waals surface area contributed by atoms with Gasteiger partial charge in [-0.25, -0.2) is 4.98 Å². The normalized spacial score (nSPS) is 15.5. The van der Waals surface area contributed by atoms with Gasteiger partial charge in [0.2, 0.25) is 0 Å². The first-order valence-corrected chi connectivity index (χ1v) is 8.89. The number of fused-ring (bicyclic) bond motifs is 2. The number of nitrogens with one attached hydrogen (secondary N) is 3. The molecule has 1 aliphatic rings. The number of hydrogen-bond donors (Lipinski definition) is 3. The molecule has 0 aliphatic carbocycles. The molecule has 0 unspecified atom stereocenters. The second kappa shape index (κ2) is 6.13. The van der Waals surface area contributed by atoms with Gasteiger partial charge >= 0.3 is 0 Å². The summed E-state index contributed by atoms with van der Waals surface area (Å²) in [6.07, 6.45) is 7.51. The highest BCUT2D eigenvalue weighted by Gasteiger charge is 2.35. The van der Waals surface area contributed by atoms with Crippen LogP contribution in [-0.4, -0.2) is 22.9 Å². The number of rotatable bonds is 4. The molecule has 1 aliphatic heterocycles. The summed E-state index contributed by atoms with van der Waals surface area (Å²) in [6, 6.07) is 8.11. The minimum Gasteiger partial charge on any atom is -0.393 e. The van der Waals surface area contributed by atoms with Crippen LogP contribution in [0, 0.1) is 0 Å². The number of allylic oxidation sites excluding steroid dienone is 2. The van der Waals surface area contributed by atoms with E-state index in [9.17, 15) is 4.79 Å². The summed E-state index contributed by atoms with van der Waals surface area (Å²) >= 11 is 0. The fraction of sp³-hybridized carbons (Fsp3) is 0.182. The van der Waals surface area contributed by atoms with E-state index < -0.39 is 0 Å². The molecule has 27 heavy (non-hydrogen) atoms. The first kappa shape index (κ1) is 17.1. The minimum absolute atomic E-state index is 0. The molecule has 3 heterocycles. The van der Waals surface area contributed by atoms with Crippen molar-refractivity contribution >= 4 is 22.5 Å². The molecule has 5 heteroatoms. The molecule has 140 valence electrons. The van der Waals surface area contributed by atoms with Gasteiger partial charge in [-0.2, -0.15) is 0 Å². The van der Waals surface area contributed by atoms with Gasteiger partial charge in [0.25, 0.3) is 5.91 Å². The van der Waals surface area contributed by atoms with Crippen molar-refractivity contribution in [2.45, 2.75) is 19.4 Å². The maximum atomic E-state index is 12.2. The van der Waals surface area contributed by atoms with Crippen molar-refractivity contribution in [3.63, 3.8) is 0 Å². The number of pyridine rings is 1. The predicted molar refractivity (Wildman–Crippen MR) is 113 cm³/mol. The summed E-state index contributed by atoms with van der Waals surface area (Å²) in [5.41, 5.74) is 6.30. The molecule has 5 nitrogen and oxygen atoms in total. The second-order valence-electron chi connectivity index (χ2n) is 7.25. The Morgan fingerprint density at radius 2 is 2.11 bits per heavy atom. The van der Waals surface area contributed by atoms with Crippen LogP contribution in [0.15, 0.2) is 55.5 Å². The monoisotopic (exact) mass is 362 g/mol. The zero-order valence-electron chi connectivity index (χ0n) is 15.7.